The summed E-state index contributed by atoms with van der Waals surface area (Å²) in [6, 6.07) is 0. The van der Waals surface area contributed by atoms with Crippen molar-refractivity contribution in [3.05, 3.63) is 0 Å². The molecule has 0 fully saturated rings. The minimum Gasteiger partial charge on any atom is -1.00 e. The fraction of sp³-hybridized carbons (Fsp3) is 1.00. The highest BCUT2D eigenvalue weighted by molar-refractivity contribution is 3.50. The average Bonchev–Trinajstić information content (AvgIpc) is 1.00. The summed E-state index contributed by atoms with van der Waals surface area (Å²) in [4.78, 5) is 0. The van der Waals surface area contributed by atoms with Crippen LogP contribution < -0.4 is 24.8 Å². The summed E-state index contributed by atoms with van der Waals surface area (Å²) in [6.07, 6.45) is 0. The SMILES string of the molecule is CC.[Cl-].[Cl-]. The van der Waals surface area contributed by atoms with Crippen LogP contribution in [0.3, 0.4) is 0 Å². The molecule has 0 rings (SSSR count). The van der Waals surface area contributed by atoms with Crippen LogP contribution in [0.4, 0.5) is 0 Å². The van der Waals surface area contributed by atoms with Crippen LogP contribution in [-0.2, 0) is 0 Å². The number of halogens is 2. The summed E-state index contributed by atoms with van der Waals surface area (Å²) >= 11 is 0. The lowest BCUT2D eigenvalue weighted by Crippen LogP contribution is -3.00. The Hall–Kier alpha value is 0.580. The molecule has 0 spiro atoms. The van der Waals surface area contributed by atoms with E-state index in [0.29, 0.717) is 0 Å². The third-order valence-corrected chi connectivity index (χ3v) is 0. The second-order valence-electron chi connectivity index (χ2n) is 0. The lowest BCUT2D eigenvalue weighted by atomic mass is 11.0. The van der Waals surface area contributed by atoms with Gasteiger partial charge in [0.1, 0.15) is 0 Å². The largest absolute Gasteiger partial charge is 1.00 e. The maximum absolute atomic E-state index is 2.00. The highest BCUT2D eigenvalue weighted by atomic mass is 35.5. The molecule has 0 heterocycles. The molecule has 4 heavy (non-hydrogen) atoms. The third-order valence-electron chi connectivity index (χ3n) is 0. The molecule has 0 N–H and O–H groups in total. The fourth-order valence-corrected chi connectivity index (χ4v) is 0. The van der Waals surface area contributed by atoms with E-state index in [2.05, 4.69) is 0 Å². The first kappa shape index (κ1) is 23.5. The molecule has 0 aliphatic carbocycles. The Kier molecular flexibility index (Phi) is 416. The molecule has 0 amide bonds. The molecule has 0 nitrogen and oxygen atoms in total. The smallest absolute Gasteiger partial charge is 0.0683 e. The number of hydrogen-bond acceptors (Lipinski definition) is 0. The van der Waals surface area contributed by atoms with Crippen molar-refractivity contribution in [2.24, 2.45) is 0 Å². The lowest BCUT2D eigenvalue weighted by Gasteiger charge is -1.07. The summed E-state index contributed by atoms with van der Waals surface area (Å²) in [7, 11) is 0. The monoisotopic (exact) mass is 100.0 g/mol. The normalized spacial score (nSPS) is 1.50. The van der Waals surface area contributed by atoms with E-state index in [0.717, 1.165) is 0 Å². The van der Waals surface area contributed by atoms with E-state index < -0.39 is 0 Å². The van der Waals surface area contributed by atoms with Crippen LogP contribution in [0.2, 0.25) is 0 Å². The van der Waals surface area contributed by atoms with E-state index in [1.165, 1.54) is 0 Å². The van der Waals surface area contributed by atoms with Crippen molar-refractivity contribution in [2.75, 3.05) is 0 Å². The van der Waals surface area contributed by atoms with E-state index in [1.807, 2.05) is 13.8 Å². The van der Waals surface area contributed by atoms with Gasteiger partial charge in [-0.1, -0.05) is 13.8 Å². The molecule has 2 heteroatoms. The van der Waals surface area contributed by atoms with Gasteiger partial charge in [-0.3, -0.25) is 0 Å². The van der Waals surface area contributed by atoms with Crippen LogP contribution in [0.15, 0.2) is 0 Å². The molecule has 0 saturated heterocycles. The molecule has 0 bridgehead atoms. The van der Waals surface area contributed by atoms with Crippen LogP contribution in [-0.4, -0.2) is 0 Å². The molecule has 0 saturated carbocycles. The molecule has 0 aromatic heterocycles. The van der Waals surface area contributed by atoms with Gasteiger partial charge in [0.2, 0.25) is 0 Å². The lowest BCUT2D eigenvalue weighted by molar-refractivity contribution is -0.00100. The molecule has 30 valence electrons. The van der Waals surface area contributed by atoms with Gasteiger partial charge in [-0.15, -0.1) is 0 Å². The van der Waals surface area contributed by atoms with Crippen LogP contribution in [0.1, 0.15) is 13.8 Å². The molecule has 0 aliphatic rings. The van der Waals surface area contributed by atoms with Gasteiger partial charge in [0.15, 0.2) is 0 Å². The first-order valence-corrected chi connectivity index (χ1v) is 1.00. The molecule has 0 unspecified atom stereocenters. The topological polar surface area (TPSA) is 0 Å². The molecule has 0 aliphatic heterocycles. The first-order chi connectivity index (χ1) is 1.00. The minimum absolute atomic E-state index is 0. The highest BCUT2D eigenvalue weighted by Crippen LogP contribution is 1.14. The predicted molar refractivity (Wildman–Crippen MR) is 11.3 cm³/mol. The minimum atomic E-state index is 0. The molecular formula is C2H6Cl2-2. The molecule has 0 aromatic carbocycles. The van der Waals surface area contributed by atoms with E-state index in [4.69, 9.17) is 0 Å². The standard InChI is InChI=1S/C2H6.2ClH/c1-2;;/h1-2H3;2*1H/p-2. The van der Waals surface area contributed by atoms with Gasteiger partial charge < -0.3 is 24.8 Å². The second kappa shape index (κ2) is 70.8. The van der Waals surface area contributed by atoms with Gasteiger partial charge in [-0.25, -0.2) is 0 Å². The summed E-state index contributed by atoms with van der Waals surface area (Å²) in [5, 5.41) is 0. The Labute approximate surface area is 39.4 Å². The van der Waals surface area contributed by atoms with Crippen molar-refractivity contribution in [2.45, 2.75) is 13.8 Å². The molecule has 0 radical (unpaired) electrons. The van der Waals surface area contributed by atoms with Crippen LogP contribution in [0.25, 0.3) is 0 Å². The molecule has 0 atom stereocenters. The van der Waals surface area contributed by atoms with Gasteiger partial charge in [0.05, 0.1) is 0 Å². The Balaban J connectivity index is -0.00000000500. The van der Waals surface area contributed by atoms with E-state index in [1.54, 1.807) is 0 Å². The molecular weight excluding hydrogens is 94.9 g/mol. The van der Waals surface area contributed by atoms with Crippen molar-refractivity contribution in [1.82, 2.24) is 0 Å². The average molecular weight is 101 g/mol. The van der Waals surface area contributed by atoms with E-state index in [-0.39, 0.29) is 24.8 Å². The fourth-order valence-electron chi connectivity index (χ4n) is 0. The number of hydrogen-bond donors (Lipinski definition) is 0. The predicted octanol–water partition coefficient (Wildman–Crippen LogP) is -4.97. The van der Waals surface area contributed by atoms with Gasteiger partial charge in [-0.05, 0) is 0 Å². The van der Waals surface area contributed by atoms with Crippen molar-refractivity contribution < 1.29 is 24.8 Å². The zero-order valence-electron chi connectivity index (χ0n) is 2.76. The van der Waals surface area contributed by atoms with E-state index in [9.17, 15) is 0 Å². The van der Waals surface area contributed by atoms with Gasteiger partial charge >= 0.3 is 0 Å². The maximum atomic E-state index is 2.00. The third kappa shape index (κ3) is 19.1. The van der Waals surface area contributed by atoms with Crippen molar-refractivity contribution in [1.29, 1.82) is 0 Å². The first-order valence-electron chi connectivity index (χ1n) is 1.00. The van der Waals surface area contributed by atoms with Gasteiger partial charge in [0, 0.05) is 0 Å². The zero-order chi connectivity index (χ0) is 2.00. The van der Waals surface area contributed by atoms with Crippen molar-refractivity contribution in [3.8, 4) is 0 Å². The summed E-state index contributed by atoms with van der Waals surface area (Å²) in [5.41, 5.74) is 0. The van der Waals surface area contributed by atoms with Gasteiger partial charge in [0.25, 0.3) is 0 Å². The molecule has 0 aromatic rings. The number of rotatable bonds is 0. The quantitative estimate of drug-likeness (QED) is 0.287. The second-order valence-corrected chi connectivity index (χ2v) is 0. The Morgan fingerprint density at radius 2 is 0.750 bits per heavy atom. The van der Waals surface area contributed by atoms with Crippen LogP contribution >= 0.6 is 0 Å². The van der Waals surface area contributed by atoms with Gasteiger partial charge in [-0.2, -0.15) is 0 Å². The summed E-state index contributed by atoms with van der Waals surface area (Å²) in [6.45, 7) is 4.00. The highest BCUT2D eigenvalue weighted by Gasteiger charge is 0.932. The summed E-state index contributed by atoms with van der Waals surface area (Å²) < 4.78 is 0. The van der Waals surface area contributed by atoms with Crippen LogP contribution in [0, 0.1) is 0 Å². The Morgan fingerprint density at radius 3 is 0.750 bits per heavy atom. The van der Waals surface area contributed by atoms with Crippen molar-refractivity contribution >= 4 is 0 Å². The Morgan fingerprint density at radius 1 is 0.750 bits per heavy atom. The zero-order valence-corrected chi connectivity index (χ0v) is 4.27. The van der Waals surface area contributed by atoms with Crippen LogP contribution in [0.5, 0.6) is 0 Å². The van der Waals surface area contributed by atoms with Crippen molar-refractivity contribution in [3.63, 3.8) is 0 Å². The summed E-state index contributed by atoms with van der Waals surface area (Å²) in [5.74, 6) is 0. The van der Waals surface area contributed by atoms with E-state index >= 15 is 0 Å². The maximum Gasteiger partial charge on any atom is -0.0683 e. The Bertz CT molecular complexity index is 4.00.